The molecule has 32 heavy (non-hydrogen) atoms. The Morgan fingerprint density at radius 3 is 2.25 bits per heavy atom. The molecule has 0 fully saturated rings. The second kappa shape index (κ2) is 9.54. The minimum Gasteiger partial charge on any atom is -0.493 e. The van der Waals surface area contributed by atoms with Gasteiger partial charge in [-0.25, -0.2) is 4.98 Å². The van der Waals surface area contributed by atoms with Crippen LogP contribution in [0.3, 0.4) is 0 Å². The number of rotatable bonds is 8. The maximum absolute atomic E-state index is 13.6. The van der Waals surface area contributed by atoms with Crippen molar-refractivity contribution in [1.29, 1.82) is 0 Å². The summed E-state index contributed by atoms with van der Waals surface area (Å²) >= 11 is 0. The van der Waals surface area contributed by atoms with Gasteiger partial charge < -0.3 is 14.0 Å². The molecule has 10 heteroatoms. The summed E-state index contributed by atoms with van der Waals surface area (Å²) in [6, 6.07) is 11.3. The Kier molecular flexibility index (Phi) is 7.00. The molecule has 0 radical (unpaired) electrons. The van der Waals surface area contributed by atoms with Crippen LogP contribution in [0.2, 0.25) is 0 Å². The van der Waals surface area contributed by atoms with Crippen molar-refractivity contribution in [2.75, 3.05) is 6.61 Å². The van der Waals surface area contributed by atoms with Crippen molar-refractivity contribution in [2.24, 2.45) is 0 Å². The van der Waals surface area contributed by atoms with E-state index in [1.165, 1.54) is 12.1 Å². The van der Waals surface area contributed by atoms with E-state index in [4.69, 9.17) is 4.74 Å². The molecule has 1 heterocycles. The fourth-order valence-electron chi connectivity index (χ4n) is 3.07. The highest BCUT2D eigenvalue weighted by molar-refractivity contribution is 5.58. The first-order valence-corrected chi connectivity index (χ1v) is 9.78. The smallest absolute Gasteiger partial charge is 0.493 e. The Morgan fingerprint density at radius 1 is 0.938 bits per heavy atom. The summed E-state index contributed by atoms with van der Waals surface area (Å²) < 4.78 is 88.6. The van der Waals surface area contributed by atoms with Gasteiger partial charge in [0.25, 0.3) is 0 Å². The number of imidazole rings is 1. The molecule has 4 nitrogen and oxygen atoms in total. The number of benzene rings is 2. The fraction of sp³-hybridized carbons (Fsp3) is 0.318. The van der Waals surface area contributed by atoms with Crippen molar-refractivity contribution in [3.05, 3.63) is 66.0 Å². The lowest BCUT2D eigenvalue weighted by Crippen LogP contribution is -2.17. The number of aromatic nitrogens is 2. The summed E-state index contributed by atoms with van der Waals surface area (Å²) in [5.41, 5.74) is -0.253. The molecular weight excluding hydrogens is 438 g/mol. The van der Waals surface area contributed by atoms with Crippen molar-refractivity contribution in [3.8, 4) is 22.9 Å². The summed E-state index contributed by atoms with van der Waals surface area (Å²) in [7, 11) is 0. The molecule has 2 aromatic carbocycles. The van der Waals surface area contributed by atoms with Crippen LogP contribution < -0.4 is 9.47 Å². The third kappa shape index (κ3) is 5.95. The monoisotopic (exact) mass is 458 g/mol. The SMILES string of the molecule is CCCCOc1ccccc1Cn1c(C(F)(F)F)cnc1-c1ccc(OC(F)(F)F)cc1. The minimum atomic E-state index is -4.87. The quantitative estimate of drug-likeness (QED) is 0.279. The van der Waals surface area contributed by atoms with Gasteiger partial charge >= 0.3 is 12.5 Å². The van der Waals surface area contributed by atoms with Crippen LogP contribution in [0.4, 0.5) is 26.3 Å². The van der Waals surface area contributed by atoms with Crippen LogP contribution in [0.5, 0.6) is 11.5 Å². The van der Waals surface area contributed by atoms with E-state index in [9.17, 15) is 26.3 Å². The van der Waals surface area contributed by atoms with Gasteiger partial charge in [-0.1, -0.05) is 31.5 Å². The van der Waals surface area contributed by atoms with Crippen molar-refractivity contribution < 1.29 is 35.8 Å². The minimum absolute atomic E-state index is 0.0424. The first-order chi connectivity index (χ1) is 15.1. The predicted octanol–water partition coefficient (Wildman–Crippen LogP) is 6.69. The molecule has 3 rings (SSSR count). The molecule has 0 aliphatic heterocycles. The topological polar surface area (TPSA) is 36.3 Å². The summed E-state index contributed by atoms with van der Waals surface area (Å²) in [6.07, 6.45) is -7.14. The molecule has 0 spiro atoms. The molecular formula is C22H20F6N2O2. The number of alkyl halides is 6. The van der Waals surface area contributed by atoms with Gasteiger partial charge in [0.2, 0.25) is 0 Å². The van der Waals surface area contributed by atoms with E-state index < -0.39 is 24.0 Å². The molecule has 172 valence electrons. The van der Waals surface area contributed by atoms with Crippen LogP contribution in [0.15, 0.2) is 54.7 Å². The second-order valence-electron chi connectivity index (χ2n) is 6.93. The van der Waals surface area contributed by atoms with Crippen molar-refractivity contribution >= 4 is 0 Å². The summed E-state index contributed by atoms with van der Waals surface area (Å²) in [4.78, 5) is 3.90. The van der Waals surface area contributed by atoms with Gasteiger partial charge in [-0.05, 0) is 36.8 Å². The van der Waals surface area contributed by atoms with Crippen LogP contribution in [0.1, 0.15) is 31.0 Å². The molecule has 0 amide bonds. The van der Waals surface area contributed by atoms with Crippen molar-refractivity contribution in [3.63, 3.8) is 0 Å². The first-order valence-electron chi connectivity index (χ1n) is 9.78. The number of hydrogen-bond acceptors (Lipinski definition) is 3. The molecule has 0 N–H and O–H groups in total. The van der Waals surface area contributed by atoms with E-state index in [-0.39, 0.29) is 17.9 Å². The summed E-state index contributed by atoms with van der Waals surface area (Å²) in [5.74, 6) is -0.0630. The van der Waals surface area contributed by atoms with Gasteiger partial charge in [0.1, 0.15) is 23.0 Å². The van der Waals surface area contributed by atoms with Crippen LogP contribution in [-0.2, 0) is 12.7 Å². The highest BCUT2D eigenvalue weighted by atomic mass is 19.4. The third-order valence-corrected chi connectivity index (χ3v) is 4.55. The number of para-hydroxylation sites is 1. The van der Waals surface area contributed by atoms with E-state index in [0.717, 1.165) is 29.5 Å². The largest absolute Gasteiger partial charge is 0.573 e. The van der Waals surface area contributed by atoms with E-state index in [1.54, 1.807) is 24.3 Å². The van der Waals surface area contributed by atoms with Crippen LogP contribution in [0, 0.1) is 0 Å². The van der Waals surface area contributed by atoms with Crippen LogP contribution in [-0.4, -0.2) is 22.5 Å². The number of hydrogen-bond donors (Lipinski definition) is 0. The Bertz CT molecular complexity index is 1030. The molecule has 0 saturated heterocycles. The molecule has 3 aromatic rings. The summed E-state index contributed by atoms with van der Waals surface area (Å²) in [5, 5.41) is 0. The van der Waals surface area contributed by atoms with E-state index in [2.05, 4.69) is 9.72 Å². The standard InChI is InChI=1S/C22H20F6N2O2/c1-2-3-12-31-18-7-5-4-6-16(18)14-30-19(21(23,24)25)13-29-20(30)15-8-10-17(11-9-15)32-22(26,27)28/h4-11,13H,2-3,12,14H2,1H3. The van der Waals surface area contributed by atoms with Gasteiger partial charge in [-0.2, -0.15) is 13.2 Å². The van der Waals surface area contributed by atoms with Gasteiger partial charge in [-0.15, -0.1) is 13.2 Å². The maximum Gasteiger partial charge on any atom is 0.573 e. The Labute approximate surface area is 180 Å². The number of nitrogens with zero attached hydrogens (tertiary/aromatic N) is 2. The van der Waals surface area contributed by atoms with Gasteiger partial charge in [0, 0.05) is 11.1 Å². The van der Waals surface area contributed by atoms with E-state index >= 15 is 0 Å². The zero-order valence-electron chi connectivity index (χ0n) is 17.0. The van der Waals surface area contributed by atoms with Gasteiger partial charge in [0.05, 0.1) is 19.3 Å². The lowest BCUT2D eigenvalue weighted by Gasteiger charge is -2.17. The van der Waals surface area contributed by atoms with Crippen LogP contribution >= 0.6 is 0 Å². The normalized spacial score (nSPS) is 12.1. The maximum atomic E-state index is 13.6. The second-order valence-corrected chi connectivity index (χ2v) is 6.93. The van der Waals surface area contributed by atoms with Crippen molar-refractivity contribution in [2.45, 2.75) is 38.8 Å². The molecule has 0 saturated carbocycles. The molecule has 0 bridgehead atoms. The Morgan fingerprint density at radius 2 is 1.62 bits per heavy atom. The summed E-state index contributed by atoms with van der Waals surface area (Å²) in [6.45, 7) is 2.23. The van der Waals surface area contributed by atoms with Gasteiger partial charge in [0.15, 0.2) is 0 Å². The average molecular weight is 458 g/mol. The molecule has 0 unspecified atom stereocenters. The zero-order chi connectivity index (χ0) is 23.4. The average Bonchev–Trinajstić information content (AvgIpc) is 3.13. The Balaban J connectivity index is 1.97. The number of halogens is 6. The lowest BCUT2D eigenvalue weighted by molar-refractivity contribution is -0.274. The Hall–Kier alpha value is -3.17. The van der Waals surface area contributed by atoms with Crippen LogP contribution in [0.25, 0.3) is 11.4 Å². The molecule has 0 aliphatic carbocycles. The predicted molar refractivity (Wildman–Crippen MR) is 105 cm³/mol. The lowest BCUT2D eigenvalue weighted by atomic mass is 10.1. The fourth-order valence-corrected chi connectivity index (χ4v) is 3.07. The highest BCUT2D eigenvalue weighted by Gasteiger charge is 2.36. The third-order valence-electron chi connectivity index (χ3n) is 4.55. The van der Waals surface area contributed by atoms with Crippen molar-refractivity contribution in [1.82, 2.24) is 9.55 Å². The van der Waals surface area contributed by atoms with E-state index in [0.29, 0.717) is 24.1 Å². The molecule has 0 aliphatic rings. The highest BCUT2D eigenvalue weighted by Crippen LogP contribution is 2.35. The first kappa shape index (κ1) is 23.5. The molecule has 0 atom stereocenters. The molecule has 1 aromatic heterocycles. The zero-order valence-corrected chi connectivity index (χ0v) is 17.0. The number of ether oxygens (including phenoxy) is 2. The van der Waals surface area contributed by atoms with E-state index in [1.807, 2.05) is 6.92 Å². The number of unbranched alkanes of at least 4 members (excludes halogenated alkanes) is 1. The van der Waals surface area contributed by atoms with Gasteiger partial charge in [-0.3, -0.25) is 0 Å².